The first-order valence-corrected chi connectivity index (χ1v) is 13.8. The molecule has 194 valence electrons. The number of halogens is 3. The molecule has 1 aromatic heterocycles. The lowest BCUT2D eigenvalue weighted by Gasteiger charge is -2.45. The normalized spacial score (nSPS) is 24.9. The molecule has 1 unspecified atom stereocenters. The summed E-state index contributed by atoms with van der Waals surface area (Å²) < 4.78 is 67.8. The van der Waals surface area contributed by atoms with Crippen LogP contribution in [0.15, 0.2) is 46.0 Å². The average Bonchev–Trinajstić information content (AvgIpc) is 3.34. The van der Waals surface area contributed by atoms with Crippen molar-refractivity contribution < 1.29 is 31.8 Å². The molecule has 0 bridgehead atoms. The number of piperazine rings is 1. The number of thiophene rings is 1. The monoisotopic (exact) mass is 533 g/mol. The van der Waals surface area contributed by atoms with Crippen LogP contribution in [-0.2, 0) is 15.6 Å². The lowest BCUT2D eigenvalue weighted by atomic mass is 9.95. The molecule has 1 aromatic carbocycles. The van der Waals surface area contributed by atoms with Gasteiger partial charge in [-0.05, 0) is 55.5 Å². The summed E-state index contributed by atoms with van der Waals surface area (Å²) in [5, 5.41) is 21.8. The van der Waals surface area contributed by atoms with Crippen molar-refractivity contribution in [2.75, 3.05) is 44.2 Å². The van der Waals surface area contributed by atoms with Gasteiger partial charge in [0.2, 0.25) is 0 Å². The van der Waals surface area contributed by atoms with Gasteiger partial charge < -0.3 is 15.1 Å². The SMILES string of the molecule is CC(O)(c1ccc(N2CCN(S(=O)(=O)c3cccs3)C[C@@H]2CN2CCC[C@H](O)C2)cc1)C(F)(F)F. The van der Waals surface area contributed by atoms with E-state index in [1.54, 1.807) is 17.5 Å². The van der Waals surface area contributed by atoms with Gasteiger partial charge in [-0.1, -0.05) is 18.2 Å². The Morgan fingerprint density at radius 3 is 2.40 bits per heavy atom. The third kappa shape index (κ3) is 5.52. The van der Waals surface area contributed by atoms with E-state index < -0.39 is 27.9 Å². The molecule has 3 atom stereocenters. The van der Waals surface area contributed by atoms with Crippen LogP contribution < -0.4 is 4.90 Å². The van der Waals surface area contributed by atoms with Crippen molar-refractivity contribution in [1.29, 1.82) is 0 Å². The Balaban J connectivity index is 1.59. The van der Waals surface area contributed by atoms with Gasteiger partial charge in [0.15, 0.2) is 5.60 Å². The van der Waals surface area contributed by atoms with Crippen LogP contribution in [0.3, 0.4) is 0 Å². The van der Waals surface area contributed by atoms with Gasteiger partial charge >= 0.3 is 6.18 Å². The molecule has 4 rings (SSSR count). The van der Waals surface area contributed by atoms with Crippen molar-refractivity contribution in [3.63, 3.8) is 0 Å². The molecule has 2 fully saturated rings. The molecule has 2 saturated heterocycles. The standard InChI is InChI=1S/C23H30F3N3O4S2/c1-22(31,23(24,25)26)17-6-8-18(9-7-17)29-12-11-28(35(32,33)21-5-3-13-34-21)15-19(29)14-27-10-2-4-20(30)16-27/h3,5-9,13,19-20,30-31H,2,4,10-12,14-16H2,1H3/t19-,20-,22?/m0/s1. The fraction of sp³-hybridized carbons (Fsp3) is 0.565. The number of benzene rings is 1. The predicted octanol–water partition coefficient (Wildman–Crippen LogP) is 2.85. The fourth-order valence-corrected chi connectivity index (χ4v) is 7.33. The van der Waals surface area contributed by atoms with E-state index >= 15 is 0 Å². The zero-order chi connectivity index (χ0) is 25.4. The highest BCUT2D eigenvalue weighted by Gasteiger charge is 2.51. The smallest absolute Gasteiger partial charge is 0.392 e. The topological polar surface area (TPSA) is 84.3 Å². The van der Waals surface area contributed by atoms with Crippen molar-refractivity contribution in [3.8, 4) is 0 Å². The minimum absolute atomic E-state index is 0.217. The second-order valence-electron chi connectivity index (χ2n) is 9.31. The quantitative estimate of drug-likeness (QED) is 0.594. The zero-order valence-corrected chi connectivity index (χ0v) is 21.0. The lowest BCUT2D eigenvalue weighted by molar-refractivity contribution is -0.258. The summed E-state index contributed by atoms with van der Waals surface area (Å²) in [7, 11) is -3.65. The summed E-state index contributed by atoms with van der Waals surface area (Å²) in [5.74, 6) is 0. The van der Waals surface area contributed by atoms with Crippen LogP contribution in [0.1, 0.15) is 25.3 Å². The number of nitrogens with zero attached hydrogens (tertiary/aromatic N) is 3. The van der Waals surface area contributed by atoms with Gasteiger partial charge in [-0.2, -0.15) is 17.5 Å². The van der Waals surface area contributed by atoms with E-state index in [0.29, 0.717) is 25.3 Å². The molecule has 7 nitrogen and oxygen atoms in total. The van der Waals surface area contributed by atoms with Crippen LogP contribution in [-0.4, -0.2) is 85.4 Å². The molecular weight excluding hydrogens is 503 g/mol. The van der Waals surface area contributed by atoms with Crippen LogP contribution >= 0.6 is 11.3 Å². The molecule has 2 N–H and O–H groups in total. The minimum Gasteiger partial charge on any atom is -0.392 e. The molecule has 0 radical (unpaired) electrons. The van der Waals surface area contributed by atoms with E-state index in [1.807, 2.05) is 4.90 Å². The number of rotatable bonds is 6. The number of hydrogen-bond donors (Lipinski definition) is 2. The van der Waals surface area contributed by atoms with Gasteiger partial charge in [-0.15, -0.1) is 11.3 Å². The molecule has 0 spiro atoms. The summed E-state index contributed by atoms with van der Waals surface area (Å²) in [6.07, 6.45) is -3.68. The molecule has 0 aliphatic carbocycles. The van der Waals surface area contributed by atoms with Crippen molar-refractivity contribution in [3.05, 3.63) is 47.3 Å². The Morgan fingerprint density at radius 1 is 1.09 bits per heavy atom. The number of piperidine rings is 1. The first-order chi connectivity index (χ1) is 16.4. The van der Waals surface area contributed by atoms with E-state index in [4.69, 9.17) is 0 Å². The highest BCUT2D eigenvalue weighted by Crippen LogP contribution is 2.39. The summed E-state index contributed by atoms with van der Waals surface area (Å²) in [4.78, 5) is 4.11. The molecule has 0 amide bonds. The molecule has 12 heteroatoms. The Bertz CT molecular complexity index is 1090. The van der Waals surface area contributed by atoms with Gasteiger partial charge in [0.05, 0.1) is 12.1 Å². The first kappa shape index (κ1) is 26.4. The number of alkyl halides is 3. The van der Waals surface area contributed by atoms with Crippen LogP contribution in [0.25, 0.3) is 0 Å². The van der Waals surface area contributed by atoms with E-state index in [2.05, 4.69) is 4.90 Å². The van der Waals surface area contributed by atoms with Crippen molar-refractivity contribution in [1.82, 2.24) is 9.21 Å². The summed E-state index contributed by atoms with van der Waals surface area (Å²) in [5.41, 5.74) is -2.58. The number of aliphatic hydroxyl groups is 2. The zero-order valence-electron chi connectivity index (χ0n) is 19.4. The van der Waals surface area contributed by atoms with Crippen molar-refractivity contribution in [2.45, 2.75) is 47.9 Å². The third-order valence-corrected chi connectivity index (χ3v) is 10.0. The summed E-state index contributed by atoms with van der Waals surface area (Å²) >= 11 is 1.16. The molecular formula is C23H30F3N3O4S2. The van der Waals surface area contributed by atoms with Gasteiger partial charge in [-0.3, -0.25) is 4.90 Å². The molecule has 3 heterocycles. The van der Waals surface area contributed by atoms with E-state index in [0.717, 1.165) is 37.6 Å². The van der Waals surface area contributed by atoms with Crippen LogP contribution in [0.5, 0.6) is 0 Å². The van der Waals surface area contributed by atoms with E-state index in [-0.39, 0.29) is 28.9 Å². The predicted molar refractivity (Wildman–Crippen MR) is 128 cm³/mol. The maximum absolute atomic E-state index is 13.3. The van der Waals surface area contributed by atoms with Crippen molar-refractivity contribution >= 4 is 27.0 Å². The number of likely N-dealkylation sites (tertiary alicyclic amines) is 1. The highest BCUT2D eigenvalue weighted by molar-refractivity contribution is 7.91. The molecule has 2 aromatic rings. The number of aliphatic hydroxyl groups excluding tert-OH is 1. The molecule has 2 aliphatic rings. The number of sulfonamides is 1. The summed E-state index contributed by atoms with van der Waals surface area (Å²) in [6, 6.07) is 8.61. The Morgan fingerprint density at radius 2 is 1.80 bits per heavy atom. The number of hydrogen-bond acceptors (Lipinski definition) is 7. The molecule has 35 heavy (non-hydrogen) atoms. The third-order valence-electron chi connectivity index (χ3n) is 6.80. The number of anilines is 1. The lowest BCUT2D eigenvalue weighted by Crippen LogP contribution is -2.59. The largest absolute Gasteiger partial charge is 0.421 e. The molecule has 2 aliphatic heterocycles. The van der Waals surface area contributed by atoms with Gasteiger partial charge in [0.1, 0.15) is 4.21 Å². The Hall–Kier alpha value is -1.70. The maximum Gasteiger partial charge on any atom is 0.421 e. The number of β-amino-alcohol motifs (C(OH)–C–C–N with tert-alkyl or cyclic N) is 1. The van der Waals surface area contributed by atoms with Crippen LogP contribution in [0, 0.1) is 0 Å². The van der Waals surface area contributed by atoms with Gasteiger partial charge in [0.25, 0.3) is 10.0 Å². The van der Waals surface area contributed by atoms with Gasteiger partial charge in [-0.25, -0.2) is 8.42 Å². The van der Waals surface area contributed by atoms with Gasteiger partial charge in [0, 0.05) is 38.4 Å². The fourth-order valence-electron chi connectivity index (χ4n) is 4.71. The molecule has 0 saturated carbocycles. The Labute approximate surface area is 207 Å². The summed E-state index contributed by atoms with van der Waals surface area (Å²) in [6.45, 7) is 3.33. The minimum atomic E-state index is -4.81. The average molecular weight is 534 g/mol. The van der Waals surface area contributed by atoms with E-state index in [9.17, 15) is 31.8 Å². The first-order valence-electron chi connectivity index (χ1n) is 11.5. The van der Waals surface area contributed by atoms with Crippen LogP contribution in [0.4, 0.5) is 18.9 Å². The second kappa shape index (κ2) is 9.98. The Kier molecular flexibility index (Phi) is 7.52. The van der Waals surface area contributed by atoms with Crippen LogP contribution in [0.2, 0.25) is 0 Å². The second-order valence-corrected chi connectivity index (χ2v) is 12.4. The highest BCUT2D eigenvalue weighted by atomic mass is 32.2. The maximum atomic E-state index is 13.3. The van der Waals surface area contributed by atoms with Crippen molar-refractivity contribution in [2.24, 2.45) is 0 Å². The van der Waals surface area contributed by atoms with E-state index in [1.165, 1.54) is 28.6 Å².